The summed E-state index contributed by atoms with van der Waals surface area (Å²) >= 11 is 0. The van der Waals surface area contributed by atoms with Gasteiger partial charge in [0, 0.05) is 6.04 Å². The summed E-state index contributed by atoms with van der Waals surface area (Å²) in [6, 6.07) is -0.884. The van der Waals surface area contributed by atoms with E-state index in [2.05, 4.69) is 15.0 Å². The van der Waals surface area contributed by atoms with Gasteiger partial charge in [-0.25, -0.2) is 15.0 Å². The zero-order chi connectivity index (χ0) is 19.7. The minimum atomic E-state index is -1.18. The molecule has 0 aliphatic carbocycles. The molecule has 11 nitrogen and oxygen atoms in total. The Morgan fingerprint density at radius 2 is 2.00 bits per heavy atom. The van der Waals surface area contributed by atoms with Gasteiger partial charge in [-0.1, -0.05) is 0 Å². The van der Waals surface area contributed by atoms with Crippen molar-refractivity contribution in [3.8, 4) is 0 Å². The van der Waals surface area contributed by atoms with Gasteiger partial charge < -0.3 is 32.2 Å². The highest BCUT2D eigenvalue weighted by atomic mass is 16.6. The van der Waals surface area contributed by atoms with E-state index in [1.165, 1.54) is 24.1 Å². The van der Waals surface area contributed by atoms with Crippen LogP contribution in [0.4, 0.5) is 5.82 Å². The number of hydrogen-bond acceptors (Lipinski definition) is 10. The number of anilines is 1. The molecule has 3 heterocycles. The van der Waals surface area contributed by atoms with Crippen molar-refractivity contribution in [3.05, 3.63) is 12.7 Å². The molecule has 0 spiro atoms. The fourth-order valence-electron chi connectivity index (χ4n) is 3.22. The zero-order valence-electron chi connectivity index (χ0n) is 15.0. The highest BCUT2D eigenvalue weighted by molar-refractivity contribution is 5.81. The Balaban J connectivity index is 1.68. The highest BCUT2D eigenvalue weighted by Crippen LogP contribution is 2.33. The first-order valence-electron chi connectivity index (χ1n) is 8.75. The van der Waals surface area contributed by atoms with Gasteiger partial charge in [0.25, 0.3) is 0 Å². The van der Waals surface area contributed by atoms with Gasteiger partial charge in [-0.2, -0.15) is 0 Å². The molecule has 0 aromatic carbocycles. The van der Waals surface area contributed by atoms with Crippen molar-refractivity contribution in [2.45, 2.75) is 62.8 Å². The lowest BCUT2D eigenvalue weighted by Crippen LogP contribution is -2.37. The van der Waals surface area contributed by atoms with Gasteiger partial charge in [0.15, 0.2) is 17.7 Å². The van der Waals surface area contributed by atoms with Gasteiger partial charge in [-0.05, 0) is 26.2 Å². The van der Waals surface area contributed by atoms with E-state index in [-0.39, 0.29) is 17.6 Å². The van der Waals surface area contributed by atoms with E-state index in [0.717, 1.165) is 0 Å². The number of Topliss-reactive ketones (excluding diaryl/α,β-unsaturated/α-hetero) is 1. The van der Waals surface area contributed by atoms with Crippen LogP contribution in [0.2, 0.25) is 0 Å². The first-order chi connectivity index (χ1) is 12.8. The van der Waals surface area contributed by atoms with Gasteiger partial charge in [-0.3, -0.25) is 9.36 Å². The van der Waals surface area contributed by atoms with Crippen molar-refractivity contribution in [2.75, 3.05) is 5.73 Å². The fourth-order valence-corrected chi connectivity index (χ4v) is 3.22. The third-order valence-electron chi connectivity index (χ3n) is 4.90. The molecular formula is C16H25N7O4. The second kappa shape index (κ2) is 7.82. The van der Waals surface area contributed by atoms with E-state index < -0.39 is 30.6 Å². The van der Waals surface area contributed by atoms with Crippen LogP contribution in [0.3, 0.4) is 0 Å². The molecule has 27 heavy (non-hydrogen) atoms. The van der Waals surface area contributed by atoms with E-state index in [0.29, 0.717) is 30.4 Å². The van der Waals surface area contributed by atoms with E-state index >= 15 is 0 Å². The molecule has 8 N–H and O–H groups in total. The van der Waals surface area contributed by atoms with E-state index in [1.54, 1.807) is 0 Å². The Bertz CT molecular complexity index is 813. The third kappa shape index (κ3) is 3.92. The number of fused-ring (bicyclic) bond motifs is 1. The van der Waals surface area contributed by atoms with Crippen LogP contribution in [0.1, 0.15) is 32.4 Å². The third-order valence-corrected chi connectivity index (χ3v) is 4.90. The average Bonchev–Trinajstić information content (AvgIpc) is 3.17. The van der Waals surface area contributed by atoms with Crippen LogP contribution in [-0.2, 0) is 9.53 Å². The van der Waals surface area contributed by atoms with Crippen LogP contribution in [0, 0.1) is 0 Å². The number of aromatic nitrogens is 4. The molecule has 0 amide bonds. The number of rotatable bonds is 7. The van der Waals surface area contributed by atoms with Crippen LogP contribution in [0.5, 0.6) is 0 Å². The minimum absolute atomic E-state index is 0.0944. The summed E-state index contributed by atoms with van der Waals surface area (Å²) in [5.41, 5.74) is 18.4. The number of aliphatic hydroxyl groups excluding tert-OH is 2. The van der Waals surface area contributed by atoms with Crippen molar-refractivity contribution in [3.63, 3.8) is 0 Å². The second-order valence-corrected chi connectivity index (χ2v) is 6.92. The molecule has 3 rings (SSSR count). The Morgan fingerprint density at radius 1 is 1.26 bits per heavy atom. The zero-order valence-corrected chi connectivity index (χ0v) is 15.0. The molecule has 2 aromatic heterocycles. The number of carbonyl (C=O) groups is 1. The number of hydrogen-bond donors (Lipinski definition) is 5. The predicted octanol–water partition coefficient (Wildman–Crippen LogP) is -1.56. The molecule has 1 aliphatic heterocycles. The lowest BCUT2D eigenvalue weighted by molar-refractivity contribution is -0.118. The topological polar surface area (TPSA) is 188 Å². The molecule has 6 atom stereocenters. The first kappa shape index (κ1) is 19.6. The summed E-state index contributed by atoms with van der Waals surface area (Å²) in [4.78, 5) is 23.3. The molecule has 0 bridgehead atoms. The average molecular weight is 379 g/mol. The molecular weight excluding hydrogens is 354 g/mol. The van der Waals surface area contributed by atoms with Crippen molar-refractivity contribution < 1.29 is 19.7 Å². The van der Waals surface area contributed by atoms with Crippen LogP contribution in [0.15, 0.2) is 12.7 Å². The maximum Gasteiger partial charge on any atom is 0.167 e. The normalized spacial score (nSPS) is 27.7. The summed E-state index contributed by atoms with van der Waals surface area (Å²) in [6.07, 6.45) is 0.127. The van der Waals surface area contributed by atoms with Crippen molar-refractivity contribution in [2.24, 2.45) is 11.5 Å². The van der Waals surface area contributed by atoms with Crippen LogP contribution in [-0.4, -0.2) is 65.9 Å². The monoisotopic (exact) mass is 379 g/mol. The number of ether oxygens (including phenoxy) is 1. The van der Waals surface area contributed by atoms with E-state index in [9.17, 15) is 15.0 Å². The summed E-state index contributed by atoms with van der Waals surface area (Å²) in [7, 11) is 0. The SMILES string of the molecule is CC(=O)C(N)CCC(N)CC1OC(n2cnc3c(N)ncnc32)C(O)C1O. The molecule has 11 heteroatoms. The van der Waals surface area contributed by atoms with Gasteiger partial charge in [0.1, 0.15) is 29.8 Å². The molecule has 0 radical (unpaired) electrons. The number of ketones is 1. The number of imidazole rings is 1. The largest absolute Gasteiger partial charge is 0.388 e. The molecule has 1 saturated heterocycles. The molecule has 2 aromatic rings. The molecule has 6 unspecified atom stereocenters. The fraction of sp³-hybridized carbons (Fsp3) is 0.625. The quantitative estimate of drug-likeness (QED) is 0.376. The minimum Gasteiger partial charge on any atom is -0.388 e. The standard InChI is InChI=1S/C16H25N7O4/c1-7(24)9(18)3-2-8(17)4-10-12(25)13(26)16(27-10)23-6-22-11-14(19)20-5-21-15(11)23/h5-6,8-10,12-13,16,25-26H,2-4,17-18H2,1H3,(H2,19,20,21). The predicted molar refractivity (Wildman–Crippen MR) is 96.1 cm³/mol. The number of nitrogens with two attached hydrogens (primary N) is 3. The Labute approximate surface area is 155 Å². The summed E-state index contributed by atoms with van der Waals surface area (Å²) in [5, 5.41) is 20.8. The number of aliphatic hydroxyl groups is 2. The molecule has 0 saturated carbocycles. The Kier molecular flexibility index (Phi) is 5.67. The first-order valence-corrected chi connectivity index (χ1v) is 8.75. The van der Waals surface area contributed by atoms with E-state index in [4.69, 9.17) is 21.9 Å². The van der Waals surface area contributed by atoms with Gasteiger partial charge in [-0.15, -0.1) is 0 Å². The maximum atomic E-state index is 11.2. The maximum absolute atomic E-state index is 11.2. The van der Waals surface area contributed by atoms with Crippen molar-refractivity contribution >= 4 is 22.8 Å². The van der Waals surface area contributed by atoms with E-state index in [1.807, 2.05) is 0 Å². The summed E-state index contributed by atoms with van der Waals surface area (Å²) in [6.45, 7) is 1.44. The molecule has 1 fully saturated rings. The van der Waals surface area contributed by atoms with Gasteiger partial charge in [0.2, 0.25) is 0 Å². The number of nitrogens with zero attached hydrogens (tertiary/aromatic N) is 4. The lowest BCUT2D eigenvalue weighted by atomic mass is 9.98. The smallest absolute Gasteiger partial charge is 0.167 e. The molecule has 1 aliphatic rings. The van der Waals surface area contributed by atoms with Crippen LogP contribution < -0.4 is 17.2 Å². The highest BCUT2D eigenvalue weighted by Gasteiger charge is 2.44. The summed E-state index contributed by atoms with van der Waals surface area (Å²) in [5.74, 6) is 0.121. The van der Waals surface area contributed by atoms with Crippen LogP contribution >= 0.6 is 0 Å². The van der Waals surface area contributed by atoms with Crippen molar-refractivity contribution in [1.82, 2.24) is 19.5 Å². The Hall–Kier alpha value is -2.18. The van der Waals surface area contributed by atoms with Crippen LogP contribution in [0.25, 0.3) is 11.2 Å². The van der Waals surface area contributed by atoms with Gasteiger partial charge in [0.05, 0.1) is 18.5 Å². The lowest BCUT2D eigenvalue weighted by Gasteiger charge is -2.20. The second-order valence-electron chi connectivity index (χ2n) is 6.92. The van der Waals surface area contributed by atoms with Crippen molar-refractivity contribution in [1.29, 1.82) is 0 Å². The number of carbonyl (C=O) groups excluding carboxylic acids is 1. The van der Waals surface area contributed by atoms with Gasteiger partial charge >= 0.3 is 0 Å². The molecule has 148 valence electrons. The Morgan fingerprint density at radius 3 is 2.70 bits per heavy atom. The number of nitrogen functional groups attached to an aromatic ring is 1. The summed E-state index contributed by atoms with van der Waals surface area (Å²) < 4.78 is 7.36.